The van der Waals surface area contributed by atoms with E-state index in [1.165, 1.54) is 31.2 Å². The minimum atomic E-state index is -0.963. The highest BCUT2D eigenvalue weighted by Gasteiger charge is 1.99. The summed E-state index contributed by atoms with van der Waals surface area (Å²) in [5.74, 6) is -0.624. The third-order valence-corrected chi connectivity index (χ3v) is 1.24. The Kier molecular flexibility index (Phi) is 5.09. The SMILES string of the molecule is CC(N)C(=O)O.Oc1ccc(O)cc1. The lowest BCUT2D eigenvalue weighted by molar-refractivity contribution is -0.138. The molecule has 1 aromatic rings. The van der Waals surface area contributed by atoms with E-state index in [4.69, 9.17) is 21.1 Å². The van der Waals surface area contributed by atoms with Crippen LogP contribution < -0.4 is 5.73 Å². The number of phenols is 2. The molecule has 0 saturated heterocycles. The summed E-state index contributed by atoms with van der Waals surface area (Å²) in [5.41, 5.74) is 4.84. The lowest BCUT2D eigenvalue weighted by Crippen LogP contribution is -2.25. The molecule has 0 saturated carbocycles. The Morgan fingerprint density at radius 2 is 1.43 bits per heavy atom. The molecule has 0 aromatic heterocycles. The molecule has 0 spiro atoms. The molecule has 0 heterocycles. The van der Waals surface area contributed by atoms with Gasteiger partial charge in [0, 0.05) is 0 Å². The zero-order chi connectivity index (χ0) is 11.1. The quantitative estimate of drug-likeness (QED) is 0.493. The Labute approximate surface area is 81.4 Å². The molecule has 0 aliphatic carbocycles. The summed E-state index contributed by atoms with van der Waals surface area (Å²) in [5, 5.41) is 25.2. The molecule has 0 fully saturated rings. The molecule has 1 rings (SSSR count). The smallest absolute Gasteiger partial charge is 0.320 e. The van der Waals surface area contributed by atoms with Gasteiger partial charge in [-0.15, -0.1) is 0 Å². The Bertz CT molecular complexity index is 260. The van der Waals surface area contributed by atoms with Crippen molar-refractivity contribution in [3.8, 4) is 11.5 Å². The highest BCUT2D eigenvalue weighted by molar-refractivity contribution is 5.72. The van der Waals surface area contributed by atoms with E-state index in [2.05, 4.69) is 0 Å². The molecule has 14 heavy (non-hydrogen) atoms. The van der Waals surface area contributed by atoms with Crippen LogP contribution in [0.15, 0.2) is 24.3 Å². The maximum absolute atomic E-state index is 9.57. The molecule has 0 aliphatic heterocycles. The first kappa shape index (κ1) is 12.2. The first-order chi connectivity index (χ1) is 6.43. The van der Waals surface area contributed by atoms with Crippen molar-refractivity contribution in [2.24, 2.45) is 5.73 Å². The standard InChI is InChI=1S/C6H6O2.C3H7NO2/c7-5-1-2-6(8)4-3-5;1-2(4)3(5)6/h1-4,7-8H;2H,4H2,1H3,(H,5,6). The molecule has 5 N–H and O–H groups in total. The van der Waals surface area contributed by atoms with E-state index < -0.39 is 12.0 Å². The Balaban J connectivity index is 0.000000255. The third-order valence-electron chi connectivity index (χ3n) is 1.24. The van der Waals surface area contributed by atoms with Crippen molar-refractivity contribution in [3.05, 3.63) is 24.3 Å². The monoisotopic (exact) mass is 199 g/mol. The predicted octanol–water partition coefficient (Wildman–Crippen LogP) is 0.516. The van der Waals surface area contributed by atoms with Gasteiger partial charge in [0.2, 0.25) is 0 Å². The summed E-state index contributed by atoms with van der Waals surface area (Å²) in [4.78, 5) is 9.57. The van der Waals surface area contributed by atoms with E-state index in [0.29, 0.717) is 0 Å². The average molecular weight is 199 g/mol. The van der Waals surface area contributed by atoms with Crippen LogP contribution in [0.5, 0.6) is 11.5 Å². The highest BCUT2D eigenvalue weighted by Crippen LogP contribution is 2.13. The fraction of sp³-hybridized carbons (Fsp3) is 0.222. The highest BCUT2D eigenvalue weighted by atomic mass is 16.4. The van der Waals surface area contributed by atoms with E-state index in [1.54, 1.807) is 0 Å². The molecule has 0 bridgehead atoms. The minimum absolute atomic E-state index is 0.169. The lowest BCUT2D eigenvalue weighted by atomic mass is 10.3. The van der Waals surface area contributed by atoms with Gasteiger partial charge >= 0.3 is 5.97 Å². The first-order valence-electron chi connectivity index (χ1n) is 3.90. The molecule has 5 nitrogen and oxygen atoms in total. The van der Waals surface area contributed by atoms with Crippen LogP contribution in [0.25, 0.3) is 0 Å². The number of aliphatic carboxylic acids is 1. The van der Waals surface area contributed by atoms with Crippen molar-refractivity contribution in [3.63, 3.8) is 0 Å². The molecule has 1 unspecified atom stereocenters. The van der Waals surface area contributed by atoms with Crippen molar-refractivity contribution >= 4 is 5.97 Å². The number of hydrogen-bond acceptors (Lipinski definition) is 4. The number of nitrogens with two attached hydrogens (primary N) is 1. The van der Waals surface area contributed by atoms with E-state index in [0.717, 1.165) is 0 Å². The van der Waals surface area contributed by atoms with E-state index >= 15 is 0 Å². The second kappa shape index (κ2) is 5.82. The number of phenolic OH excluding ortho intramolecular Hbond substituents is 2. The van der Waals surface area contributed by atoms with Crippen molar-refractivity contribution in [2.45, 2.75) is 13.0 Å². The Morgan fingerprint density at radius 1 is 1.21 bits per heavy atom. The van der Waals surface area contributed by atoms with Crippen molar-refractivity contribution in [2.75, 3.05) is 0 Å². The molecule has 0 aliphatic rings. The van der Waals surface area contributed by atoms with Gasteiger partial charge in [-0.1, -0.05) is 0 Å². The number of carbonyl (C=O) groups is 1. The van der Waals surface area contributed by atoms with Crippen LogP contribution in [-0.4, -0.2) is 27.3 Å². The second-order valence-electron chi connectivity index (χ2n) is 2.64. The van der Waals surface area contributed by atoms with Crippen molar-refractivity contribution in [1.29, 1.82) is 0 Å². The molecule has 0 amide bonds. The van der Waals surface area contributed by atoms with Gasteiger partial charge in [0.15, 0.2) is 0 Å². The van der Waals surface area contributed by atoms with Crippen LogP contribution in [0, 0.1) is 0 Å². The summed E-state index contributed by atoms with van der Waals surface area (Å²) in [7, 11) is 0. The Hall–Kier alpha value is -1.75. The van der Waals surface area contributed by atoms with Crippen LogP contribution >= 0.6 is 0 Å². The van der Waals surface area contributed by atoms with E-state index in [1.807, 2.05) is 0 Å². The molecular formula is C9H13NO4. The first-order valence-corrected chi connectivity index (χ1v) is 3.90. The Morgan fingerprint density at radius 3 is 1.57 bits per heavy atom. The molecule has 1 atom stereocenters. The number of benzene rings is 1. The summed E-state index contributed by atoms with van der Waals surface area (Å²) < 4.78 is 0. The molecular weight excluding hydrogens is 186 g/mol. The van der Waals surface area contributed by atoms with Gasteiger partial charge in [0.25, 0.3) is 0 Å². The van der Waals surface area contributed by atoms with Crippen LogP contribution in [0.1, 0.15) is 6.92 Å². The van der Waals surface area contributed by atoms with E-state index in [9.17, 15) is 4.79 Å². The maximum atomic E-state index is 9.57. The number of carboxylic acids is 1. The fourth-order valence-corrected chi connectivity index (χ4v) is 0.453. The van der Waals surface area contributed by atoms with Crippen LogP contribution in [0.4, 0.5) is 0 Å². The number of rotatable bonds is 1. The summed E-state index contributed by atoms with van der Waals surface area (Å²) in [6.07, 6.45) is 0. The summed E-state index contributed by atoms with van der Waals surface area (Å²) in [6, 6.07) is 4.97. The molecule has 1 aromatic carbocycles. The van der Waals surface area contributed by atoms with Crippen molar-refractivity contribution in [1.82, 2.24) is 0 Å². The van der Waals surface area contributed by atoms with Crippen LogP contribution in [-0.2, 0) is 4.79 Å². The maximum Gasteiger partial charge on any atom is 0.320 e. The topological polar surface area (TPSA) is 104 Å². The summed E-state index contributed by atoms with van der Waals surface area (Å²) in [6.45, 7) is 1.42. The number of hydrogen-bond donors (Lipinski definition) is 4. The number of carboxylic acid groups (broad SMARTS) is 1. The minimum Gasteiger partial charge on any atom is -0.508 e. The van der Waals surface area contributed by atoms with Gasteiger partial charge in [-0.3, -0.25) is 4.79 Å². The molecule has 0 radical (unpaired) electrons. The van der Waals surface area contributed by atoms with Crippen LogP contribution in [0.2, 0.25) is 0 Å². The van der Waals surface area contributed by atoms with Gasteiger partial charge < -0.3 is 21.1 Å². The zero-order valence-electron chi connectivity index (χ0n) is 7.71. The third kappa shape index (κ3) is 5.84. The zero-order valence-corrected chi connectivity index (χ0v) is 7.71. The fourth-order valence-electron chi connectivity index (χ4n) is 0.453. The average Bonchev–Trinajstić information content (AvgIpc) is 2.11. The molecule has 78 valence electrons. The van der Waals surface area contributed by atoms with Gasteiger partial charge in [0.05, 0.1) is 0 Å². The summed E-state index contributed by atoms with van der Waals surface area (Å²) >= 11 is 0. The largest absolute Gasteiger partial charge is 0.508 e. The van der Waals surface area contributed by atoms with Gasteiger partial charge in [-0.25, -0.2) is 0 Å². The lowest BCUT2D eigenvalue weighted by Gasteiger charge is -1.90. The van der Waals surface area contributed by atoms with Gasteiger partial charge in [-0.05, 0) is 31.2 Å². The molecule has 5 heteroatoms. The van der Waals surface area contributed by atoms with Gasteiger partial charge in [-0.2, -0.15) is 0 Å². The van der Waals surface area contributed by atoms with Crippen LogP contribution in [0.3, 0.4) is 0 Å². The second-order valence-corrected chi connectivity index (χ2v) is 2.64. The van der Waals surface area contributed by atoms with E-state index in [-0.39, 0.29) is 11.5 Å². The predicted molar refractivity (Wildman–Crippen MR) is 51.1 cm³/mol. The normalized spacial score (nSPS) is 11.0. The number of aromatic hydroxyl groups is 2. The van der Waals surface area contributed by atoms with Crippen molar-refractivity contribution < 1.29 is 20.1 Å². The van der Waals surface area contributed by atoms with Gasteiger partial charge in [0.1, 0.15) is 17.5 Å².